The standard InChI is InChI=1S/C16H18N2O2/c19-16(17-9-11-20-12-10-17)15-7-4-8-18(15)13-14-5-2-1-3-6-14/h1-8H,9-13H2. The fourth-order valence-corrected chi connectivity index (χ4v) is 2.45. The third-order valence-electron chi connectivity index (χ3n) is 3.54. The second-order valence-corrected chi connectivity index (χ2v) is 4.91. The molecule has 1 aliphatic heterocycles. The molecule has 0 N–H and O–H groups in total. The summed E-state index contributed by atoms with van der Waals surface area (Å²) in [7, 11) is 0. The van der Waals surface area contributed by atoms with E-state index in [0.29, 0.717) is 26.3 Å². The molecule has 0 atom stereocenters. The lowest BCUT2D eigenvalue weighted by molar-refractivity contribution is 0.0296. The van der Waals surface area contributed by atoms with Crippen molar-refractivity contribution in [2.45, 2.75) is 6.54 Å². The molecule has 104 valence electrons. The summed E-state index contributed by atoms with van der Waals surface area (Å²) in [5.74, 6) is 0.0919. The molecule has 20 heavy (non-hydrogen) atoms. The maximum Gasteiger partial charge on any atom is 0.270 e. The van der Waals surface area contributed by atoms with E-state index >= 15 is 0 Å². The van der Waals surface area contributed by atoms with Crippen molar-refractivity contribution in [1.82, 2.24) is 9.47 Å². The van der Waals surface area contributed by atoms with Gasteiger partial charge in [0.05, 0.1) is 13.2 Å². The van der Waals surface area contributed by atoms with Gasteiger partial charge in [0.2, 0.25) is 0 Å². The van der Waals surface area contributed by atoms with Gasteiger partial charge in [-0.15, -0.1) is 0 Å². The zero-order valence-corrected chi connectivity index (χ0v) is 11.4. The number of benzene rings is 1. The number of rotatable bonds is 3. The van der Waals surface area contributed by atoms with E-state index in [-0.39, 0.29) is 5.91 Å². The average molecular weight is 270 g/mol. The van der Waals surface area contributed by atoms with E-state index in [1.807, 2.05) is 46.0 Å². The number of carbonyl (C=O) groups is 1. The first-order chi connectivity index (χ1) is 9.84. The number of nitrogens with zero attached hydrogens (tertiary/aromatic N) is 2. The second kappa shape index (κ2) is 5.92. The molecule has 0 aliphatic carbocycles. The van der Waals surface area contributed by atoms with Crippen LogP contribution in [0.1, 0.15) is 16.1 Å². The third-order valence-corrected chi connectivity index (χ3v) is 3.54. The Morgan fingerprint density at radius 3 is 2.55 bits per heavy atom. The molecule has 4 nitrogen and oxygen atoms in total. The number of amides is 1. The van der Waals surface area contributed by atoms with E-state index < -0.39 is 0 Å². The Morgan fingerprint density at radius 2 is 1.80 bits per heavy atom. The molecule has 1 aromatic heterocycles. The van der Waals surface area contributed by atoms with Gasteiger partial charge < -0.3 is 14.2 Å². The van der Waals surface area contributed by atoms with Crippen molar-refractivity contribution in [3.05, 3.63) is 59.9 Å². The number of hydrogen-bond donors (Lipinski definition) is 0. The summed E-state index contributed by atoms with van der Waals surface area (Å²) < 4.78 is 7.30. The van der Waals surface area contributed by atoms with Gasteiger partial charge in [0, 0.05) is 25.8 Å². The van der Waals surface area contributed by atoms with Gasteiger partial charge in [-0.25, -0.2) is 0 Å². The van der Waals surface area contributed by atoms with Crippen molar-refractivity contribution >= 4 is 5.91 Å². The molecule has 1 aromatic carbocycles. The lowest BCUT2D eigenvalue weighted by atomic mass is 10.2. The molecule has 3 rings (SSSR count). The Balaban J connectivity index is 1.77. The Bertz CT molecular complexity index is 571. The third kappa shape index (κ3) is 2.75. The summed E-state index contributed by atoms with van der Waals surface area (Å²) in [5, 5.41) is 0. The van der Waals surface area contributed by atoms with Crippen molar-refractivity contribution < 1.29 is 9.53 Å². The van der Waals surface area contributed by atoms with Crippen LogP contribution < -0.4 is 0 Å². The molecule has 0 bridgehead atoms. The predicted molar refractivity (Wildman–Crippen MR) is 76.7 cm³/mol. The molecule has 1 amide bonds. The minimum atomic E-state index is 0.0919. The topological polar surface area (TPSA) is 34.5 Å². The first-order valence-corrected chi connectivity index (χ1v) is 6.91. The van der Waals surface area contributed by atoms with Crippen LogP contribution in [-0.4, -0.2) is 41.7 Å². The Labute approximate surface area is 118 Å². The van der Waals surface area contributed by atoms with E-state index in [1.165, 1.54) is 5.56 Å². The summed E-state index contributed by atoms with van der Waals surface area (Å²) in [6.07, 6.45) is 1.96. The predicted octanol–water partition coefficient (Wildman–Crippen LogP) is 2.01. The number of carbonyl (C=O) groups excluding carboxylic acids is 1. The zero-order chi connectivity index (χ0) is 13.8. The number of aromatic nitrogens is 1. The average Bonchev–Trinajstić information content (AvgIpc) is 2.96. The number of morpholine rings is 1. The summed E-state index contributed by atoms with van der Waals surface area (Å²) in [5.41, 5.74) is 1.94. The van der Waals surface area contributed by atoms with Crippen molar-refractivity contribution in [2.75, 3.05) is 26.3 Å². The SMILES string of the molecule is O=C(c1cccn1Cc1ccccc1)N1CCOCC1. The second-order valence-electron chi connectivity index (χ2n) is 4.91. The van der Waals surface area contributed by atoms with Crippen LogP contribution in [0.2, 0.25) is 0 Å². The smallest absolute Gasteiger partial charge is 0.270 e. The largest absolute Gasteiger partial charge is 0.378 e. The highest BCUT2D eigenvalue weighted by atomic mass is 16.5. The highest BCUT2D eigenvalue weighted by Crippen LogP contribution is 2.11. The Kier molecular flexibility index (Phi) is 3.83. The van der Waals surface area contributed by atoms with Gasteiger partial charge in [-0.3, -0.25) is 4.79 Å². The Morgan fingerprint density at radius 1 is 1.05 bits per heavy atom. The van der Waals surface area contributed by atoms with Crippen LogP contribution >= 0.6 is 0 Å². The van der Waals surface area contributed by atoms with Gasteiger partial charge in [0.25, 0.3) is 5.91 Å². The molecule has 2 aromatic rings. The summed E-state index contributed by atoms with van der Waals surface area (Å²) in [6, 6.07) is 14.0. The quantitative estimate of drug-likeness (QED) is 0.855. The lowest BCUT2D eigenvalue weighted by Gasteiger charge is -2.27. The molecule has 1 saturated heterocycles. The van der Waals surface area contributed by atoms with Crippen LogP contribution in [0.3, 0.4) is 0 Å². The van der Waals surface area contributed by atoms with Gasteiger partial charge in [0.15, 0.2) is 0 Å². The highest BCUT2D eigenvalue weighted by molar-refractivity contribution is 5.92. The molecule has 0 radical (unpaired) electrons. The Hall–Kier alpha value is -2.07. The fraction of sp³-hybridized carbons (Fsp3) is 0.312. The summed E-state index contributed by atoms with van der Waals surface area (Å²) >= 11 is 0. The van der Waals surface area contributed by atoms with Crippen LogP contribution in [-0.2, 0) is 11.3 Å². The summed E-state index contributed by atoms with van der Waals surface area (Å²) in [4.78, 5) is 14.4. The van der Waals surface area contributed by atoms with Crippen molar-refractivity contribution in [3.63, 3.8) is 0 Å². The molecule has 0 saturated carbocycles. The molecule has 4 heteroatoms. The molecule has 2 heterocycles. The van der Waals surface area contributed by atoms with Crippen molar-refractivity contribution in [3.8, 4) is 0 Å². The molecule has 0 unspecified atom stereocenters. The maximum absolute atomic E-state index is 12.5. The lowest BCUT2D eigenvalue weighted by Crippen LogP contribution is -2.41. The van der Waals surface area contributed by atoms with E-state index in [1.54, 1.807) is 0 Å². The van der Waals surface area contributed by atoms with E-state index in [2.05, 4.69) is 12.1 Å². The maximum atomic E-state index is 12.5. The van der Waals surface area contributed by atoms with Gasteiger partial charge in [-0.2, -0.15) is 0 Å². The number of hydrogen-bond acceptors (Lipinski definition) is 2. The van der Waals surface area contributed by atoms with Crippen molar-refractivity contribution in [2.24, 2.45) is 0 Å². The van der Waals surface area contributed by atoms with Crippen LogP contribution in [0.25, 0.3) is 0 Å². The van der Waals surface area contributed by atoms with Gasteiger partial charge in [0.1, 0.15) is 5.69 Å². The molecule has 1 fully saturated rings. The van der Waals surface area contributed by atoms with Crippen LogP contribution in [0.4, 0.5) is 0 Å². The zero-order valence-electron chi connectivity index (χ0n) is 11.4. The summed E-state index contributed by atoms with van der Waals surface area (Å²) in [6.45, 7) is 3.33. The van der Waals surface area contributed by atoms with E-state index in [0.717, 1.165) is 12.2 Å². The van der Waals surface area contributed by atoms with Crippen LogP contribution in [0.15, 0.2) is 48.7 Å². The van der Waals surface area contributed by atoms with Gasteiger partial charge >= 0.3 is 0 Å². The monoisotopic (exact) mass is 270 g/mol. The molecular weight excluding hydrogens is 252 g/mol. The first kappa shape index (κ1) is 12.9. The minimum absolute atomic E-state index is 0.0919. The minimum Gasteiger partial charge on any atom is -0.378 e. The van der Waals surface area contributed by atoms with Gasteiger partial charge in [-0.1, -0.05) is 30.3 Å². The highest BCUT2D eigenvalue weighted by Gasteiger charge is 2.20. The van der Waals surface area contributed by atoms with Crippen LogP contribution in [0, 0.1) is 0 Å². The fourth-order valence-electron chi connectivity index (χ4n) is 2.45. The number of ether oxygens (including phenoxy) is 1. The molecule has 1 aliphatic rings. The van der Waals surface area contributed by atoms with Crippen molar-refractivity contribution in [1.29, 1.82) is 0 Å². The normalized spacial score (nSPS) is 15.3. The first-order valence-electron chi connectivity index (χ1n) is 6.91. The van der Waals surface area contributed by atoms with Gasteiger partial charge in [-0.05, 0) is 17.7 Å². The van der Waals surface area contributed by atoms with E-state index in [4.69, 9.17) is 4.74 Å². The van der Waals surface area contributed by atoms with Crippen LogP contribution in [0.5, 0.6) is 0 Å². The molecular formula is C16H18N2O2. The molecule has 0 spiro atoms. The van der Waals surface area contributed by atoms with E-state index in [9.17, 15) is 4.79 Å².